The second-order valence-corrected chi connectivity index (χ2v) is 8.58. The topological polar surface area (TPSA) is 43.2 Å². The number of hydrogen-bond donors (Lipinski definition) is 0. The van der Waals surface area contributed by atoms with Gasteiger partial charge in [-0.25, -0.2) is 9.37 Å². The summed E-state index contributed by atoms with van der Waals surface area (Å²) in [6.07, 6.45) is 5.59. The van der Waals surface area contributed by atoms with Crippen molar-refractivity contribution in [2.24, 2.45) is 0 Å². The molecule has 5 rings (SSSR count). The van der Waals surface area contributed by atoms with Crippen LogP contribution in [0.25, 0.3) is 22.5 Å². The standard InChI is InChI=1S/C27H27FN4O/c1-31(17-19-4-3-5-24(16-19)33-2)18-23-10-11-25-30-26(20-6-8-22(28)9-7-20)27(32(23)25)21-12-14-29-15-13-21/h3-9,12-16,23H,10-11,17-18H2,1-2H3. The van der Waals surface area contributed by atoms with E-state index in [0.717, 1.165) is 60.0 Å². The minimum Gasteiger partial charge on any atom is -0.497 e. The van der Waals surface area contributed by atoms with Crippen LogP contribution >= 0.6 is 0 Å². The van der Waals surface area contributed by atoms with Crippen molar-refractivity contribution in [3.63, 3.8) is 0 Å². The number of aromatic nitrogens is 3. The van der Waals surface area contributed by atoms with Gasteiger partial charge in [-0.05, 0) is 67.6 Å². The lowest BCUT2D eigenvalue weighted by Crippen LogP contribution is -2.26. The van der Waals surface area contributed by atoms with Crippen molar-refractivity contribution in [1.82, 2.24) is 19.4 Å². The van der Waals surface area contributed by atoms with E-state index in [1.165, 1.54) is 17.7 Å². The number of nitrogens with zero attached hydrogens (tertiary/aromatic N) is 4. The van der Waals surface area contributed by atoms with Crippen molar-refractivity contribution >= 4 is 0 Å². The Hall–Kier alpha value is -3.51. The average molecular weight is 443 g/mol. The zero-order valence-electron chi connectivity index (χ0n) is 18.9. The van der Waals surface area contributed by atoms with E-state index < -0.39 is 0 Å². The van der Waals surface area contributed by atoms with Gasteiger partial charge in [-0.2, -0.15) is 0 Å². The summed E-state index contributed by atoms with van der Waals surface area (Å²) in [6.45, 7) is 1.74. The summed E-state index contributed by atoms with van der Waals surface area (Å²) in [7, 11) is 3.85. The first-order valence-corrected chi connectivity index (χ1v) is 11.2. The summed E-state index contributed by atoms with van der Waals surface area (Å²) in [5, 5.41) is 0. The second kappa shape index (κ2) is 9.16. The molecule has 3 heterocycles. The Bertz CT molecular complexity index is 1240. The van der Waals surface area contributed by atoms with Gasteiger partial charge in [-0.15, -0.1) is 0 Å². The number of aryl methyl sites for hydroxylation is 1. The number of rotatable bonds is 7. The minimum atomic E-state index is -0.243. The minimum absolute atomic E-state index is 0.243. The molecule has 5 nitrogen and oxygen atoms in total. The van der Waals surface area contributed by atoms with Crippen molar-refractivity contribution in [3.05, 3.63) is 90.3 Å². The van der Waals surface area contributed by atoms with Crippen molar-refractivity contribution < 1.29 is 9.13 Å². The molecule has 1 unspecified atom stereocenters. The smallest absolute Gasteiger partial charge is 0.123 e. The highest BCUT2D eigenvalue weighted by Gasteiger charge is 2.30. The van der Waals surface area contributed by atoms with Crippen LogP contribution in [0.2, 0.25) is 0 Å². The first kappa shape index (κ1) is 21.3. The zero-order valence-corrected chi connectivity index (χ0v) is 18.9. The van der Waals surface area contributed by atoms with E-state index >= 15 is 0 Å². The Morgan fingerprint density at radius 1 is 1.06 bits per heavy atom. The average Bonchev–Trinajstić information content (AvgIpc) is 3.40. The molecule has 6 heteroatoms. The molecule has 2 aromatic carbocycles. The van der Waals surface area contributed by atoms with Crippen LogP contribution in [0, 0.1) is 5.82 Å². The SMILES string of the molecule is COc1cccc(CN(C)CC2CCc3nc(-c4ccc(F)cc4)c(-c4ccncc4)n32)c1. The molecule has 0 fully saturated rings. The van der Waals surface area contributed by atoms with E-state index in [0.29, 0.717) is 6.04 Å². The van der Waals surface area contributed by atoms with Crippen molar-refractivity contribution in [2.75, 3.05) is 20.7 Å². The van der Waals surface area contributed by atoms with Crippen LogP contribution in [0.5, 0.6) is 5.75 Å². The maximum absolute atomic E-state index is 13.6. The van der Waals surface area contributed by atoms with Gasteiger partial charge in [0.25, 0.3) is 0 Å². The van der Waals surface area contributed by atoms with Gasteiger partial charge in [-0.3, -0.25) is 4.98 Å². The monoisotopic (exact) mass is 442 g/mol. The Kier molecular flexibility index (Phi) is 5.92. The van der Waals surface area contributed by atoms with Gasteiger partial charge in [0.15, 0.2) is 0 Å². The predicted molar refractivity (Wildman–Crippen MR) is 128 cm³/mol. The molecule has 0 amide bonds. The highest BCUT2D eigenvalue weighted by molar-refractivity contribution is 5.79. The fraction of sp³-hybridized carbons (Fsp3) is 0.259. The Morgan fingerprint density at radius 3 is 2.61 bits per heavy atom. The second-order valence-electron chi connectivity index (χ2n) is 8.58. The van der Waals surface area contributed by atoms with Gasteiger partial charge in [0, 0.05) is 49.1 Å². The summed E-state index contributed by atoms with van der Waals surface area (Å²) in [6, 6.07) is 19.2. The van der Waals surface area contributed by atoms with Gasteiger partial charge in [0.05, 0.1) is 18.5 Å². The number of pyridine rings is 1. The number of fused-ring (bicyclic) bond motifs is 1. The quantitative estimate of drug-likeness (QED) is 0.385. The highest BCUT2D eigenvalue weighted by Crippen LogP contribution is 2.39. The molecule has 2 aromatic heterocycles. The molecule has 0 N–H and O–H groups in total. The largest absolute Gasteiger partial charge is 0.497 e. The summed E-state index contributed by atoms with van der Waals surface area (Å²) < 4.78 is 21.3. The number of methoxy groups -OCH3 is 1. The molecule has 0 saturated heterocycles. The normalized spacial score (nSPS) is 15.1. The molecule has 0 bridgehead atoms. The summed E-state index contributed by atoms with van der Waals surface area (Å²) in [4.78, 5) is 11.6. The lowest BCUT2D eigenvalue weighted by molar-refractivity contribution is 0.273. The van der Waals surface area contributed by atoms with Gasteiger partial charge in [0.1, 0.15) is 17.4 Å². The third kappa shape index (κ3) is 4.39. The van der Waals surface area contributed by atoms with Crippen LogP contribution in [-0.2, 0) is 13.0 Å². The molecule has 1 aliphatic rings. The number of likely N-dealkylation sites (N-methyl/N-ethyl adjacent to an activating group) is 1. The van der Waals surface area contributed by atoms with Gasteiger partial charge in [-0.1, -0.05) is 12.1 Å². The highest BCUT2D eigenvalue weighted by atomic mass is 19.1. The molecule has 1 atom stereocenters. The molecular weight excluding hydrogens is 415 g/mol. The van der Waals surface area contributed by atoms with E-state index in [2.05, 4.69) is 33.6 Å². The summed E-state index contributed by atoms with van der Waals surface area (Å²) in [5.74, 6) is 1.72. The summed E-state index contributed by atoms with van der Waals surface area (Å²) in [5.41, 5.74) is 5.20. The molecule has 0 spiro atoms. The van der Waals surface area contributed by atoms with Gasteiger partial charge < -0.3 is 14.2 Å². The zero-order chi connectivity index (χ0) is 22.8. The Morgan fingerprint density at radius 2 is 1.85 bits per heavy atom. The molecule has 0 saturated carbocycles. The van der Waals surface area contributed by atoms with Crippen LogP contribution in [-0.4, -0.2) is 40.1 Å². The van der Waals surface area contributed by atoms with Gasteiger partial charge in [0.2, 0.25) is 0 Å². The fourth-order valence-corrected chi connectivity index (χ4v) is 4.75. The predicted octanol–water partition coefficient (Wildman–Crippen LogP) is 5.38. The van der Waals surface area contributed by atoms with E-state index in [9.17, 15) is 4.39 Å². The van der Waals surface area contributed by atoms with Crippen LogP contribution in [0.4, 0.5) is 4.39 Å². The first-order valence-electron chi connectivity index (χ1n) is 11.2. The third-order valence-corrected chi connectivity index (χ3v) is 6.23. The number of ether oxygens (including phenoxy) is 1. The number of imidazole rings is 1. The van der Waals surface area contributed by atoms with Crippen molar-refractivity contribution in [1.29, 1.82) is 0 Å². The molecule has 1 aliphatic heterocycles. The van der Waals surface area contributed by atoms with E-state index in [1.807, 2.05) is 48.8 Å². The van der Waals surface area contributed by atoms with Crippen LogP contribution in [0.3, 0.4) is 0 Å². The van der Waals surface area contributed by atoms with E-state index in [1.54, 1.807) is 7.11 Å². The van der Waals surface area contributed by atoms with E-state index in [4.69, 9.17) is 9.72 Å². The molecule has 4 aromatic rings. The third-order valence-electron chi connectivity index (χ3n) is 6.23. The molecule has 0 aliphatic carbocycles. The summed E-state index contributed by atoms with van der Waals surface area (Å²) >= 11 is 0. The molecule has 168 valence electrons. The number of benzene rings is 2. The van der Waals surface area contributed by atoms with Crippen molar-refractivity contribution in [2.45, 2.75) is 25.4 Å². The van der Waals surface area contributed by atoms with Crippen LogP contribution < -0.4 is 4.74 Å². The fourth-order valence-electron chi connectivity index (χ4n) is 4.75. The lowest BCUT2D eigenvalue weighted by Gasteiger charge is -2.24. The van der Waals surface area contributed by atoms with Crippen LogP contribution in [0.1, 0.15) is 23.9 Å². The van der Waals surface area contributed by atoms with Gasteiger partial charge >= 0.3 is 0 Å². The van der Waals surface area contributed by atoms with Crippen LogP contribution in [0.15, 0.2) is 73.1 Å². The van der Waals surface area contributed by atoms with E-state index in [-0.39, 0.29) is 5.82 Å². The molecular formula is C27H27FN4O. The lowest BCUT2D eigenvalue weighted by atomic mass is 10.0. The molecule has 33 heavy (non-hydrogen) atoms. The maximum Gasteiger partial charge on any atom is 0.123 e. The maximum atomic E-state index is 13.6. The molecule has 0 radical (unpaired) electrons. The van der Waals surface area contributed by atoms with Crippen molar-refractivity contribution in [3.8, 4) is 28.3 Å². The Balaban J connectivity index is 1.47. The Labute approximate surface area is 193 Å². The first-order chi connectivity index (χ1) is 16.1. The number of halogens is 1. The number of hydrogen-bond acceptors (Lipinski definition) is 4.